The van der Waals surface area contributed by atoms with Gasteiger partial charge in [-0.1, -0.05) is 174 Å². The number of hydrogen-bond acceptors (Lipinski definition) is 0. The van der Waals surface area contributed by atoms with Crippen LogP contribution in [0.5, 0.6) is 0 Å². The summed E-state index contributed by atoms with van der Waals surface area (Å²) >= 11 is 0. The molecule has 2 heteroatoms. The molecular formula is C30H60F2. The Morgan fingerprint density at radius 1 is 0.312 bits per heavy atom. The van der Waals surface area contributed by atoms with E-state index in [-0.39, 0.29) is 6.42 Å². The topological polar surface area (TPSA) is 0 Å². The molecule has 0 heterocycles. The third kappa shape index (κ3) is 29.9. The summed E-state index contributed by atoms with van der Waals surface area (Å²) in [5, 5.41) is 0. The second kappa shape index (κ2) is 28.9. The Kier molecular flexibility index (Phi) is 28.8. The molecule has 0 fully saturated rings. The lowest BCUT2D eigenvalue weighted by molar-refractivity contribution is 0.133. The van der Waals surface area contributed by atoms with Gasteiger partial charge in [0.2, 0.25) is 6.43 Å². The van der Waals surface area contributed by atoms with E-state index in [1.165, 1.54) is 154 Å². The van der Waals surface area contributed by atoms with E-state index < -0.39 is 6.43 Å². The van der Waals surface area contributed by atoms with E-state index in [1.54, 1.807) is 0 Å². The average Bonchev–Trinajstić information content (AvgIpc) is 2.78. The van der Waals surface area contributed by atoms with Crippen LogP contribution in [0.1, 0.15) is 187 Å². The standard InChI is InChI=1S/C30H60F2/c1-2-3-4-5-6-7-8-9-10-11-12-13-14-15-16-17-18-19-20-21-22-23-24-25-26-27-28-29-30(31)32/h30H,2-29H2,1H3. The van der Waals surface area contributed by atoms with Crippen LogP contribution < -0.4 is 0 Å². The van der Waals surface area contributed by atoms with Crippen molar-refractivity contribution in [2.24, 2.45) is 0 Å². The van der Waals surface area contributed by atoms with E-state index in [2.05, 4.69) is 6.92 Å². The molecule has 0 aliphatic rings. The van der Waals surface area contributed by atoms with E-state index in [4.69, 9.17) is 0 Å². The molecule has 0 aliphatic carbocycles. The predicted octanol–water partition coefficient (Wildman–Crippen LogP) is 12.2. The summed E-state index contributed by atoms with van der Waals surface area (Å²) < 4.78 is 24.1. The van der Waals surface area contributed by atoms with Gasteiger partial charge in [0.05, 0.1) is 0 Å². The number of alkyl halides is 2. The maximum Gasteiger partial charge on any atom is 0.238 e. The van der Waals surface area contributed by atoms with Gasteiger partial charge >= 0.3 is 0 Å². The minimum Gasteiger partial charge on any atom is -0.211 e. The zero-order valence-corrected chi connectivity index (χ0v) is 22.1. The number of rotatable bonds is 28. The highest BCUT2D eigenvalue weighted by Crippen LogP contribution is 2.16. The largest absolute Gasteiger partial charge is 0.238 e. The molecule has 194 valence electrons. The molecule has 0 saturated carbocycles. The lowest BCUT2D eigenvalue weighted by atomic mass is 10.0. The van der Waals surface area contributed by atoms with Crippen molar-refractivity contribution in [2.75, 3.05) is 0 Å². The van der Waals surface area contributed by atoms with Crippen molar-refractivity contribution in [1.82, 2.24) is 0 Å². The summed E-state index contributed by atoms with van der Waals surface area (Å²) in [7, 11) is 0. The van der Waals surface area contributed by atoms with E-state index in [0.717, 1.165) is 12.8 Å². The van der Waals surface area contributed by atoms with E-state index in [0.29, 0.717) is 6.42 Å². The van der Waals surface area contributed by atoms with E-state index in [1.807, 2.05) is 0 Å². The lowest BCUT2D eigenvalue weighted by Crippen LogP contribution is -1.89. The summed E-state index contributed by atoms with van der Waals surface area (Å²) in [6, 6.07) is 0. The van der Waals surface area contributed by atoms with Gasteiger partial charge in [-0.05, 0) is 6.42 Å². The van der Waals surface area contributed by atoms with Crippen LogP contribution in [0.3, 0.4) is 0 Å². The van der Waals surface area contributed by atoms with Crippen LogP contribution in [-0.2, 0) is 0 Å². The molecule has 0 aromatic heterocycles. The van der Waals surface area contributed by atoms with Gasteiger partial charge in [-0.2, -0.15) is 0 Å². The molecule has 32 heavy (non-hydrogen) atoms. The Balaban J connectivity index is 3.00. The first-order chi connectivity index (χ1) is 15.8. The van der Waals surface area contributed by atoms with Gasteiger partial charge in [0.1, 0.15) is 0 Å². The second-order valence-corrected chi connectivity index (χ2v) is 10.4. The third-order valence-electron chi connectivity index (χ3n) is 7.03. The van der Waals surface area contributed by atoms with Crippen LogP contribution in [0.4, 0.5) is 8.78 Å². The zero-order valence-electron chi connectivity index (χ0n) is 22.1. The first-order valence-electron chi connectivity index (χ1n) is 15.1. The molecule has 0 amide bonds. The number of halogens is 2. The van der Waals surface area contributed by atoms with E-state index >= 15 is 0 Å². The molecule has 0 saturated heterocycles. The highest BCUT2D eigenvalue weighted by molar-refractivity contribution is 4.52. The molecule has 0 aromatic rings. The molecule has 0 unspecified atom stereocenters. The highest BCUT2D eigenvalue weighted by atomic mass is 19.3. The van der Waals surface area contributed by atoms with Crippen molar-refractivity contribution >= 4 is 0 Å². The third-order valence-corrected chi connectivity index (χ3v) is 7.03. The van der Waals surface area contributed by atoms with Crippen LogP contribution in [-0.4, -0.2) is 6.43 Å². The van der Waals surface area contributed by atoms with Crippen LogP contribution >= 0.6 is 0 Å². The van der Waals surface area contributed by atoms with Crippen LogP contribution in [0.25, 0.3) is 0 Å². The Hall–Kier alpha value is -0.140. The maximum atomic E-state index is 12.0. The van der Waals surface area contributed by atoms with Crippen LogP contribution in [0.2, 0.25) is 0 Å². The van der Waals surface area contributed by atoms with Crippen molar-refractivity contribution in [1.29, 1.82) is 0 Å². The number of hydrogen-bond donors (Lipinski definition) is 0. The van der Waals surface area contributed by atoms with Crippen molar-refractivity contribution in [3.8, 4) is 0 Å². The SMILES string of the molecule is CCCCCCCCCCCCCCCCCCCCCCCCCCCCCC(F)F. The Bertz CT molecular complexity index is 316. The molecule has 0 N–H and O–H groups in total. The lowest BCUT2D eigenvalue weighted by Gasteiger charge is -2.04. The quantitative estimate of drug-likeness (QED) is 0.102. The monoisotopic (exact) mass is 458 g/mol. The Labute approximate surface area is 202 Å². The fourth-order valence-electron chi connectivity index (χ4n) is 4.79. The van der Waals surface area contributed by atoms with Gasteiger partial charge in [0, 0.05) is 6.42 Å². The van der Waals surface area contributed by atoms with Crippen molar-refractivity contribution in [3.63, 3.8) is 0 Å². The Morgan fingerprint density at radius 2 is 0.500 bits per heavy atom. The fraction of sp³-hybridized carbons (Fsp3) is 1.00. The van der Waals surface area contributed by atoms with Crippen molar-refractivity contribution in [2.45, 2.75) is 193 Å². The van der Waals surface area contributed by atoms with Gasteiger partial charge in [0.25, 0.3) is 0 Å². The first-order valence-corrected chi connectivity index (χ1v) is 15.1. The molecule has 0 spiro atoms. The molecule has 0 atom stereocenters. The minimum absolute atomic E-state index is 0.0966. The van der Waals surface area contributed by atoms with Crippen LogP contribution in [0.15, 0.2) is 0 Å². The van der Waals surface area contributed by atoms with Gasteiger partial charge < -0.3 is 0 Å². The molecule has 0 nitrogen and oxygen atoms in total. The Morgan fingerprint density at radius 3 is 0.688 bits per heavy atom. The molecule has 0 aromatic carbocycles. The first kappa shape index (κ1) is 31.9. The molecule has 0 bridgehead atoms. The van der Waals surface area contributed by atoms with Gasteiger partial charge in [-0.15, -0.1) is 0 Å². The summed E-state index contributed by atoms with van der Waals surface area (Å²) in [5.74, 6) is 0. The molecule has 0 radical (unpaired) electrons. The van der Waals surface area contributed by atoms with Crippen LogP contribution in [0, 0.1) is 0 Å². The van der Waals surface area contributed by atoms with Crippen molar-refractivity contribution < 1.29 is 8.78 Å². The molecular weight excluding hydrogens is 398 g/mol. The predicted molar refractivity (Wildman–Crippen MR) is 141 cm³/mol. The highest BCUT2D eigenvalue weighted by Gasteiger charge is 2.01. The zero-order chi connectivity index (χ0) is 23.4. The van der Waals surface area contributed by atoms with Crippen molar-refractivity contribution in [3.05, 3.63) is 0 Å². The normalized spacial score (nSPS) is 11.6. The van der Waals surface area contributed by atoms with E-state index in [9.17, 15) is 8.78 Å². The summed E-state index contributed by atoms with van der Waals surface area (Å²) in [6.45, 7) is 2.29. The van der Waals surface area contributed by atoms with Gasteiger partial charge in [0.15, 0.2) is 0 Å². The summed E-state index contributed by atoms with van der Waals surface area (Å²) in [5.41, 5.74) is 0. The molecule has 0 aliphatic heterocycles. The fourth-order valence-corrected chi connectivity index (χ4v) is 4.79. The summed E-state index contributed by atoms with van der Waals surface area (Å²) in [4.78, 5) is 0. The van der Waals surface area contributed by atoms with Gasteiger partial charge in [-0.3, -0.25) is 0 Å². The number of unbranched alkanes of at least 4 members (excludes halogenated alkanes) is 26. The van der Waals surface area contributed by atoms with Gasteiger partial charge in [-0.25, -0.2) is 8.78 Å². The average molecular weight is 459 g/mol. The summed E-state index contributed by atoms with van der Waals surface area (Å²) in [6.07, 6.45) is 35.0. The smallest absolute Gasteiger partial charge is 0.211 e. The molecule has 0 rings (SSSR count). The second-order valence-electron chi connectivity index (χ2n) is 10.4. The maximum absolute atomic E-state index is 12.0. The minimum atomic E-state index is -2.10.